The number of hydrogen-bond donors (Lipinski definition) is 1. The summed E-state index contributed by atoms with van der Waals surface area (Å²) in [5.74, 6) is 3.91. The molecule has 8 heteroatoms. The van der Waals surface area contributed by atoms with Crippen molar-refractivity contribution in [3.05, 3.63) is 88.4 Å². The Morgan fingerprint density at radius 2 is 2.05 bits per heavy atom. The zero-order valence-corrected chi connectivity index (χ0v) is 24.5. The molecular weight excluding hydrogens is 540 g/mol. The molecule has 4 heterocycles. The van der Waals surface area contributed by atoms with E-state index in [2.05, 4.69) is 34.4 Å². The van der Waals surface area contributed by atoms with E-state index in [9.17, 15) is 9.90 Å². The Morgan fingerprint density at radius 3 is 2.74 bits per heavy atom. The zero-order valence-electron chi connectivity index (χ0n) is 24.5. The monoisotopic (exact) mass is 576 g/mol. The number of aromatic carboxylic acids is 1. The van der Waals surface area contributed by atoms with Gasteiger partial charge < -0.3 is 19.1 Å². The van der Waals surface area contributed by atoms with Crippen molar-refractivity contribution in [3.63, 3.8) is 0 Å². The van der Waals surface area contributed by atoms with E-state index in [1.54, 1.807) is 12.1 Å². The molecule has 2 aromatic carbocycles. The molecule has 0 spiro atoms. The number of pyridine rings is 1. The molecule has 1 N–H and O–H groups in total. The molecule has 2 saturated heterocycles. The van der Waals surface area contributed by atoms with E-state index in [1.807, 2.05) is 30.3 Å². The number of aromatic nitrogens is 3. The average molecular weight is 577 g/mol. The third-order valence-corrected chi connectivity index (χ3v) is 9.81. The van der Waals surface area contributed by atoms with Gasteiger partial charge in [-0.1, -0.05) is 18.1 Å². The van der Waals surface area contributed by atoms with Crippen LogP contribution in [0.3, 0.4) is 0 Å². The molecule has 1 aliphatic carbocycles. The fourth-order valence-electron chi connectivity index (χ4n) is 7.00. The Hall–Kier alpha value is -4.19. The van der Waals surface area contributed by atoms with E-state index in [4.69, 9.17) is 25.9 Å². The lowest BCUT2D eigenvalue weighted by atomic mass is 9.55. The van der Waals surface area contributed by atoms with Crippen LogP contribution in [-0.2, 0) is 29.8 Å². The molecule has 2 aliphatic heterocycles. The van der Waals surface area contributed by atoms with E-state index in [0.717, 1.165) is 84.7 Å². The number of carboxylic acids is 1. The van der Waals surface area contributed by atoms with Gasteiger partial charge in [0.15, 0.2) is 0 Å². The smallest absolute Gasteiger partial charge is 0.335 e. The van der Waals surface area contributed by atoms with Crippen molar-refractivity contribution in [2.75, 3.05) is 19.7 Å². The fourth-order valence-corrected chi connectivity index (χ4v) is 7.00. The van der Waals surface area contributed by atoms with Crippen molar-refractivity contribution in [1.82, 2.24) is 19.4 Å². The first-order valence-electron chi connectivity index (χ1n) is 15.1. The van der Waals surface area contributed by atoms with Gasteiger partial charge in [0.25, 0.3) is 0 Å². The Labute approximate surface area is 251 Å². The number of likely N-dealkylation sites (tertiary alicyclic amines) is 1. The number of ether oxygens (including phenoxy) is 2. The minimum absolute atomic E-state index is 0.0799. The summed E-state index contributed by atoms with van der Waals surface area (Å²) in [7, 11) is 0. The van der Waals surface area contributed by atoms with Crippen molar-refractivity contribution in [3.8, 4) is 18.2 Å². The molecule has 220 valence electrons. The molecule has 3 atom stereocenters. The minimum atomic E-state index is -0.926. The van der Waals surface area contributed by atoms with Crippen LogP contribution in [-0.4, -0.2) is 56.3 Å². The number of fused-ring (bicyclic) bond motifs is 2. The van der Waals surface area contributed by atoms with Gasteiger partial charge in [-0.2, -0.15) is 0 Å². The van der Waals surface area contributed by atoms with Crippen LogP contribution in [0.15, 0.2) is 54.6 Å². The van der Waals surface area contributed by atoms with Crippen LogP contribution in [0, 0.1) is 25.2 Å². The minimum Gasteiger partial charge on any atom is -0.478 e. The molecule has 4 aromatic rings. The molecule has 7 rings (SSSR count). The van der Waals surface area contributed by atoms with Crippen LogP contribution < -0.4 is 4.74 Å². The molecule has 2 aromatic heterocycles. The van der Waals surface area contributed by atoms with Crippen molar-refractivity contribution < 1.29 is 19.4 Å². The van der Waals surface area contributed by atoms with Crippen LogP contribution in [0.1, 0.15) is 64.2 Å². The number of carboxylic acid groups (broad SMARTS) is 1. The summed E-state index contributed by atoms with van der Waals surface area (Å²) in [6.07, 6.45) is 10.1. The third kappa shape index (κ3) is 5.17. The number of imidazole rings is 1. The van der Waals surface area contributed by atoms with Crippen LogP contribution in [0.2, 0.25) is 0 Å². The first-order chi connectivity index (χ1) is 20.9. The summed E-state index contributed by atoms with van der Waals surface area (Å²) in [6, 6.07) is 17.4. The molecule has 0 radical (unpaired) electrons. The second-order valence-corrected chi connectivity index (χ2v) is 12.2. The molecule has 0 bridgehead atoms. The summed E-state index contributed by atoms with van der Waals surface area (Å²) < 4.78 is 14.1. The van der Waals surface area contributed by atoms with Gasteiger partial charge in [0.05, 0.1) is 41.5 Å². The lowest BCUT2D eigenvalue weighted by Crippen LogP contribution is -2.56. The highest BCUT2D eigenvalue weighted by Gasteiger charge is 2.51. The predicted octanol–water partition coefficient (Wildman–Crippen LogP) is 5.34. The van der Waals surface area contributed by atoms with Gasteiger partial charge in [-0.25, -0.2) is 14.8 Å². The van der Waals surface area contributed by atoms with E-state index in [-0.39, 0.29) is 17.1 Å². The number of piperidine rings is 1. The standard InChI is InChI=1S/C35H36N4O4/c1-3-24-7-8-26(23(2)17-24)22-43-33-6-4-5-31(37-33)35-13-11-27(35)19-38(15-14-35)21-32-36-29-10-9-25(34(40)41)18-30(29)39(32)20-28-12-16-42-28/h1,4-10,17-18,27-28H,11-16,19-22H2,2H3,(H,40,41)/t27?,28-,35?/m0/s1. The molecule has 3 aliphatic rings. The molecular formula is C35H36N4O4. The summed E-state index contributed by atoms with van der Waals surface area (Å²) in [4.78, 5) is 24.2. The molecule has 8 nitrogen and oxygen atoms in total. The highest BCUT2D eigenvalue weighted by atomic mass is 16.5. The van der Waals surface area contributed by atoms with Gasteiger partial charge in [-0.05, 0) is 92.6 Å². The van der Waals surface area contributed by atoms with Crippen LogP contribution in [0.25, 0.3) is 11.0 Å². The molecule has 1 saturated carbocycles. The number of terminal acetylenes is 1. The van der Waals surface area contributed by atoms with Crippen LogP contribution in [0.5, 0.6) is 5.88 Å². The number of carbonyl (C=O) groups is 1. The predicted molar refractivity (Wildman–Crippen MR) is 163 cm³/mol. The van der Waals surface area contributed by atoms with E-state index >= 15 is 0 Å². The topological polar surface area (TPSA) is 89.7 Å². The maximum absolute atomic E-state index is 11.7. The van der Waals surface area contributed by atoms with Crippen LogP contribution >= 0.6 is 0 Å². The summed E-state index contributed by atoms with van der Waals surface area (Å²) in [6.45, 7) is 6.65. The molecule has 0 amide bonds. The Balaban J connectivity index is 1.06. The Kier molecular flexibility index (Phi) is 7.16. The van der Waals surface area contributed by atoms with Gasteiger partial charge in [-0.15, -0.1) is 6.42 Å². The molecule has 3 fully saturated rings. The van der Waals surface area contributed by atoms with Crippen molar-refractivity contribution >= 4 is 17.0 Å². The van der Waals surface area contributed by atoms with Gasteiger partial charge >= 0.3 is 5.97 Å². The number of nitrogens with zero attached hydrogens (tertiary/aromatic N) is 4. The average Bonchev–Trinajstić information content (AvgIpc) is 3.31. The number of rotatable bonds is 9. The fraction of sp³-hybridized carbons (Fsp3) is 0.400. The van der Waals surface area contributed by atoms with Crippen molar-refractivity contribution in [2.24, 2.45) is 5.92 Å². The molecule has 43 heavy (non-hydrogen) atoms. The second kappa shape index (κ2) is 11.1. The van der Waals surface area contributed by atoms with E-state index in [1.165, 1.54) is 6.42 Å². The third-order valence-electron chi connectivity index (χ3n) is 9.81. The zero-order chi connectivity index (χ0) is 29.6. The van der Waals surface area contributed by atoms with Gasteiger partial charge in [0.2, 0.25) is 5.88 Å². The highest BCUT2D eigenvalue weighted by molar-refractivity contribution is 5.92. The van der Waals surface area contributed by atoms with Gasteiger partial charge in [-0.3, -0.25) is 4.90 Å². The number of hydrogen-bond acceptors (Lipinski definition) is 6. The summed E-state index contributed by atoms with van der Waals surface area (Å²) in [5, 5.41) is 9.57. The molecule has 2 unspecified atom stereocenters. The largest absolute Gasteiger partial charge is 0.478 e. The maximum Gasteiger partial charge on any atom is 0.335 e. The second-order valence-electron chi connectivity index (χ2n) is 12.2. The first kappa shape index (κ1) is 27.6. The van der Waals surface area contributed by atoms with Crippen molar-refractivity contribution in [2.45, 2.75) is 63.8 Å². The first-order valence-corrected chi connectivity index (χ1v) is 15.1. The van der Waals surface area contributed by atoms with E-state index in [0.29, 0.717) is 24.9 Å². The normalized spacial score (nSPS) is 23.2. The van der Waals surface area contributed by atoms with Gasteiger partial charge in [0, 0.05) is 30.2 Å². The van der Waals surface area contributed by atoms with E-state index < -0.39 is 5.97 Å². The number of benzene rings is 2. The lowest BCUT2D eigenvalue weighted by molar-refractivity contribution is -0.0594. The number of aryl methyl sites for hydroxylation is 1. The lowest BCUT2D eigenvalue weighted by Gasteiger charge is -2.55. The SMILES string of the molecule is C#Cc1ccc(COc2cccc(C34CCC3CN(Cc3nc5ccc(C(=O)O)cc5n3C[C@@H]3CCO3)CC4)n2)c(C)c1. The Morgan fingerprint density at radius 1 is 1.16 bits per heavy atom. The maximum atomic E-state index is 11.7. The summed E-state index contributed by atoms with van der Waals surface area (Å²) in [5.41, 5.74) is 6.29. The van der Waals surface area contributed by atoms with Gasteiger partial charge in [0.1, 0.15) is 12.4 Å². The summed E-state index contributed by atoms with van der Waals surface area (Å²) >= 11 is 0. The highest BCUT2D eigenvalue weighted by Crippen LogP contribution is 2.53. The Bertz CT molecular complexity index is 1740. The van der Waals surface area contributed by atoms with Crippen molar-refractivity contribution in [1.29, 1.82) is 0 Å². The quantitative estimate of drug-likeness (QED) is 0.269. The van der Waals surface area contributed by atoms with Crippen LogP contribution in [0.4, 0.5) is 0 Å².